The molecule has 32 heavy (non-hydrogen) atoms. The first-order chi connectivity index (χ1) is 15.6. The van der Waals surface area contributed by atoms with Crippen LogP contribution in [0.4, 0.5) is 0 Å². The molecule has 3 aromatic rings. The average Bonchev–Trinajstić information content (AvgIpc) is 3.64. The van der Waals surface area contributed by atoms with Crippen molar-refractivity contribution in [3.8, 4) is 0 Å². The third-order valence-electron chi connectivity index (χ3n) is 7.17. The molecule has 0 bridgehead atoms. The summed E-state index contributed by atoms with van der Waals surface area (Å²) in [5.41, 5.74) is 1.80. The molecule has 2 saturated heterocycles. The van der Waals surface area contributed by atoms with Gasteiger partial charge in [0.2, 0.25) is 5.91 Å². The van der Waals surface area contributed by atoms with Crippen molar-refractivity contribution < 1.29 is 14.6 Å². The molecule has 2 aliphatic heterocycles. The number of hydrogen-bond donors (Lipinski definition) is 1. The van der Waals surface area contributed by atoms with E-state index in [2.05, 4.69) is 38.1 Å². The summed E-state index contributed by atoms with van der Waals surface area (Å²) in [6, 6.07) is 29.3. The molecule has 164 valence electrons. The zero-order chi connectivity index (χ0) is 22.3. The Balaban J connectivity index is 1.64. The fourth-order valence-electron chi connectivity index (χ4n) is 5.47. The van der Waals surface area contributed by atoms with Gasteiger partial charge in [-0.1, -0.05) is 97.9 Å². The quantitative estimate of drug-likeness (QED) is 0.415. The molecule has 0 spiro atoms. The minimum atomic E-state index is -1.05. The summed E-state index contributed by atoms with van der Waals surface area (Å²) in [7, 11) is 0. The van der Waals surface area contributed by atoms with Gasteiger partial charge in [-0.25, -0.2) is 0 Å². The molecule has 1 N–H and O–H groups in total. The maximum atomic E-state index is 14.1. The Bertz CT molecular complexity index is 1070. The predicted molar refractivity (Wildman–Crippen MR) is 124 cm³/mol. The van der Waals surface area contributed by atoms with Gasteiger partial charge in [0.1, 0.15) is 11.5 Å². The number of nitrogens with zero attached hydrogens (tertiary/aromatic N) is 1. The number of β-lactam (4-membered cyclic amide) rings is 1. The summed E-state index contributed by atoms with van der Waals surface area (Å²) in [5.74, 6) is -0.0417. The summed E-state index contributed by atoms with van der Waals surface area (Å²) >= 11 is 0. The van der Waals surface area contributed by atoms with Crippen molar-refractivity contribution in [3.05, 3.63) is 108 Å². The monoisotopic (exact) mass is 427 g/mol. The van der Waals surface area contributed by atoms with E-state index in [4.69, 9.17) is 4.74 Å². The van der Waals surface area contributed by atoms with Crippen molar-refractivity contribution in [2.45, 2.75) is 50.7 Å². The molecule has 2 aliphatic rings. The molecule has 4 heteroatoms. The highest BCUT2D eigenvalue weighted by Gasteiger charge is 2.75. The topological polar surface area (TPSA) is 53.1 Å². The third kappa shape index (κ3) is 3.09. The summed E-state index contributed by atoms with van der Waals surface area (Å²) in [6.07, 6.45) is -0.462. The van der Waals surface area contributed by atoms with Crippen molar-refractivity contribution in [3.63, 3.8) is 0 Å². The van der Waals surface area contributed by atoms with Gasteiger partial charge in [0, 0.05) is 0 Å². The number of carbonyl (C=O) groups is 1. The van der Waals surface area contributed by atoms with Crippen LogP contribution in [0.2, 0.25) is 0 Å². The maximum Gasteiger partial charge on any atom is 0.238 e. The van der Waals surface area contributed by atoms with E-state index in [0.717, 1.165) is 23.1 Å². The standard InChI is InChI=1S/C28H29NO3/c1-3-23-26(32-23)28(25(30)22-17-11-6-12-18-22)24(21-15-9-5-10-16-21)29(27(28)31)19(2)20-13-7-4-8-14-20/h4-19,23-26,30H,3H2,1-2H3/t19-,23+,24+,25-,26+,28+/m0/s1. The molecule has 2 fully saturated rings. The van der Waals surface area contributed by atoms with Crippen molar-refractivity contribution in [1.29, 1.82) is 0 Å². The maximum absolute atomic E-state index is 14.1. The molecule has 6 atom stereocenters. The molecule has 3 aromatic carbocycles. The van der Waals surface area contributed by atoms with Gasteiger partial charge in [-0.05, 0) is 30.0 Å². The second-order valence-electron chi connectivity index (χ2n) is 8.86. The Morgan fingerprint density at radius 2 is 1.44 bits per heavy atom. The first-order valence-electron chi connectivity index (χ1n) is 11.4. The Morgan fingerprint density at radius 1 is 0.906 bits per heavy atom. The minimum Gasteiger partial charge on any atom is -0.387 e. The zero-order valence-corrected chi connectivity index (χ0v) is 18.5. The fraction of sp³-hybridized carbons (Fsp3) is 0.321. The minimum absolute atomic E-state index is 0.0160. The van der Waals surface area contributed by atoms with Gasteiger partial charge < -0.3 is 14.7 Å². The van der Waals surface area contributed by atoms with Crippen LogP contribution in [0.3, 0.4) is 0 Å². The molecule has 4 nitrogen and oxygen atoms in total. The van der Waals surface area contributed by atoms with Gasteiger partial charge in [-0.2, -0.15) is 0 Å². The van der Waals surface area contributed by atoms with Crippen molar-refractivity contribution in [1.82, 2.24) is 4.90 Å². The molecule has 5 rings (SSSR count). The van der Waals surface area contributed by atoms with E-state index in [0.29, 0.717) is 0 Å². The zero-order valence-electron chi connectivity index (χ0n) is 18.5. The Hall–Kier alpha value is -2.95. The Morgan fingerprint density at radius 3 is 1.97 bits per heavy atom. The number of epoxide rings is 1. The number of carbonyl (C=O) groups excluding carboxylic acids is 1. The van der Waals surface area contributed by atoms with E-state index in [9.17, 15) is 9.90 Å². The molecule has 0 aliphatic carbocycles. The van der Waals surface area contributed by atoms with Gasteiger partial charge in [-0.3, -0.25) is 4.79 Å². The number of hydrogen-bond acceptors (Lipinski definition) is 3. The largest absolute Gasteiger partial charge is 0.387 e. The van der Waals surface area contributed by atoms with Gasteiger partial charge in [0.05, 0.1) is 24.3 Å². The SMILES string of the molecule is CC[C@H]1O[C@H]1[C@@]1([C@@H](O)c2ccccc2)C(=O)N([C@@H](C)c2ccccc2)[C@@H]1c1ccccc1. The second-order valence-corrected chi connectivity index (χ2v) is 8.86. The number of aliphatic hydroxyl groups is 1. The molecular formula is C28H29NO3. The third-order valence-corrected chi connectivity index (χ3v) is 7.17. The highest BCUT2D eigenvalue weighted by molar-refractivity contribution is 5.93. The first-order valence-corrected chi connectivity index (χ1v) is 11.4. The average molecular weight is 428 g/mol. The van der Waals surface area contributed by atoms with Crippen LogP contribution in [-0.2, 0) is 9.53 Å². The molecular weight excluding hydrogens is 398 g/mol. The van der Waals surface area contributed by atoms with E-state index >= 15 is 0 Å². The van der Waals surface area contributed by atoms with Crippen LogP contribution < -0.4 is 0 Å². The van der Waals surface area contributed by atoms with Gasteiger partial charge in [0.25, 0.3) is 0 Å². The van der Waals surface area contributed by atoms with Crippen molar-refractivity contribution in [2.24, 2.45) is 5.41 Å². The summed E-state index contributed by atoms with van der Waals surface area (Å²) < 4.78 is 6.06. The van der Waals surface area contributed by atoms with E-state index < -0.39 is 11.5 Å². The highest BCUT2D eigenvalue weighted by atomic mass is 16.6. The molecule has 0 saturated carbocycles. The second kappa shape index (κ2) is 8.19. The fourth-order valence-corrected chi connectivity index (χ4v) is 5.47. The lowest BCUT2D eigenvalue weighted by Gasteiger charge is -2.60. The summed E-state index contributed by atoms with van der Waals surface area (Å²) in [5, 5.41) is 11.8. The van der Waals surface area contributed by atoms with Crippen LogP contribution in [-0.4, -0.2) is 28.1 Å². The smallest absolute Gasteiger partial charge is 0.238 e. The van der Waals surface area contributed by atoms with Crippen molar-refractivity contribution >= 4 is 5.91 Å². The molecule has 0 aromatic heterocycles. The lowest BCUT2D eigenvalue weighted by molar-refractivity contribution is -0.201. The molecule has 2 heterocycles. The molecule has 0 radical (unpaired) electrons. The van der Waals surface area contributed by atoms with Crippen LogP contribution in [0, 0.1) is 5.41 Å². The van der Waals surface area contributed by atoms with Crippen LogP contribution in [0.5, 0.6) is 0 Å². The number of rotatable bonds is 7. The summed E-state index contributed by atoms with van der Waals surface area (Å²) in [6.45, 7) is 4.13. The Labute approximate surface area is 189 Å². The molecule has 1 amide bonds. The van der Waals surface area contributed by atoms with E-state index in [1.807, 2.05) is 71.6 Å². The van der Waals surface area contributed by atoms with Crippen LogP contribution in [0.1, 0.15) is 55.1 Å². The highest BCUT2D eigenvalue weighted by Crippen LogP contribution is 2.65. The number of benzene rings is 3. The number of aliphatic hydroxyl groups excluding tert-OH is 1. The first kappa shape index (κ1) is 20.9. The van der Waals surface area contributed by atoms with Crippen LogP contribution >= 0.6 is 0 Å². The van der Waals surface area contributed by atoms with Crippen molar-refractivity contribution in [2.75, 3.05) is 0 Å². The van der Waals surface area contributed by atoms with E-state index in [-0.39, 0.29) is 30.2 Å². The van der Waals surface area contributed by atoms with E-state index in [1.165, 1.54) is 0 Å². The summed E-state index contributed by atoms with van der Waals surface area (Å²) in [4.78, 5) is 16.1. The van der Waals surface area contributed by atoms with Crippen LogP contribution in [0.15, 0.2) is 91.0 Å². The number of amides is 1. The Kier molecular flexibility index (Phi) is 5.36. The lowest BCUT2D eigenvalue weighted by atomic mass is 9.59. The normalized spacial score (nSPS) is 28.7. The lowest BCUT2D eigenvalue weighted by Crippen LogP contribution is -2.68. The van der Waals surface area contributed by atoms with Gasteiger partial charge >= 0.3 is 0 Å². The van der Waals surface area contributed by atoms with E-state index in [1.54, 1.807) is 0 Å². The van der Waals surface area contributed by atoms with Gasteiger partial charge in [0.15, 0.2) is 0 Å². The predicted octanol–water partition coefficient (Wildman–Crippen LogP) is 5.23. The number of likely N-dealkylation sites (tertiary alicyclic amines) is 1. The number of ether oxygens (including phenoxy) is 1. The van der Waals surface area contributed by atoms with Gasteiger partial charge in [-0.15, -0.1) is 0 Å². The molecule has 0 unspecified atom stereocenters. The van der Waals surface area contributed by atoms with Crippen LogP contribution in [0.25, 0.3) is 0 Å².